The fraction of sp³-hybridized carbons (Fsp3) is 0.455. The van der Waals surface area contributed by atoms with Crippen LogP contribution in [0.1, 0.15) is 24.8 Å². The highest BCUT2D eigenvalue weighted by Crippen LogP contribution is 2.32. The van der Waals surface area contributed by atoms with Crippen LogP contribution in [0.25, 0.3) is 0 Å². The number of likely N-dealkylation sites (tertiary alicyclic amines) is 1. The number of benzene rings is 2. The second-order valence-corrected chi connectivity index (χ2v) is 8.44. The number of hydrogen-bond donors (Lipinski definition) is 1. The molecule has 1 N–H and O–H groups in total. The summed E-state index contributed by atoms with van der Waals surface area (Å²) in [4.78, 5) is 2.44. The molecule has 0 saturated carbocycles. The first-order chi connectivity index (χ1) is 14.3. The number of nitrogens with one attached hydrogen (secondary N) is 1. The highest BCUT2D eigenvalue weighted by Gasteiger charge is 2.31. The number of halogens is 7. The Morgan fingerprint density at radius 1 is 1.03 bits per heavy atom. The Bertz CT molecular complexity index is 817. The van der Waals surface area contributed by atoms with E-state index in [0.29, 0.717) is 5.92 Å². The summed E-state index contributed by atoms with van der Waals surface area (Å²) >= 11 is 3.11. The summed E-state index contributed by atoms with van der Waals surface area (Å²) in [5.41, 5.74) is 1.94. The van der Waals surface area contributed by atoms with Crippen LogP contribution in [0.4, 0.5) is 23.2 Å². The third-order valence-corrected chi connectivity index (χ3v) is 5.90. The lowest BCUT2D eigenvalue weighted by atomic mass is 9.90. The van der Waals surface area contributed by atoms with Crippen molar-refractivity contribution >= 4 is 46.4 Å². The number of rotatable bonds is 8. The van der Waals surface area contributed by atoms with Gasteiger partial charge in [-0.15, -0.1) is 38.0 Å². The van der Waals surface area contributed by atoms with E-state index in [1.54, 1.807) is 12.1 Å². The van der Waals surface area contributed by atoms with Gasteiger partial charge in [0.05, 0.1) is 4.47 Å². The highest BCUT2D eigenvalue weighted by atomic mass is 79.9. The minimum atomic E-state index is -4.70. The van der Waals surface area contributed by atoms with E-state index in [1.165, 1.54) is 23.8 Å². The predicted molar refractivity (Wildman–Crippen MR) is 128 cm³/mol. The van der Waals surface area contributed by atoms with Crippen molar-refractivity contribution in [1.82, 2.24) is 4.90 Å². The van der Waals surface area contributed by atoms with Crippen LogP contribution in [0.3, 0.4) is 0 Å². The number of anilines is 1. The second-order valence-electron chi connectivity index (χ2n) is 7.59. The lowest BCUT2D eigenvalue weighted by Gasteiger charge is -2.32. The van der Waals surface area contributed by atoms with E-state index in [9.17, 15) is 17.6 Å². The molecule has 0 aliphatic carbocycles. The van der Waals surface area contributed by atoms with Crippen molar-refractivity contribution in [3.63, 3.8) is 0 Å². The molecular weight excluding hydrogens is 535 g/mol. The van der Waals surface area contributed by atoms with Crippen LogP contribution in [0.5, 0.6) is 5.75 Å². The van der Waals surface area contributed by atoms with Gasteiger partial charge < -0.3 is 15.0 Å². The molecule has 3 nitrogen and oxygen atoms in total. The fourth-order valence-electron chi connectivity index (χ4n) is 3.72. The van der Waals surface area contributed by atoms with Gasteiger partial charge in [-0.2, -0.15) is 0 Å². The Balaban J connectivity index is 0.00000256. The van der Waals surface area contributed by atoms with E-state index >= 15 is 0 Å². The van der Waals surface area contributed by atoms with Gasteiger partial charge in [0.25, 0.3) is 0 Å². The van der Waals surface area contributed by atoms with E-state index in [0.717, 1.165) is 57.5 Å². The zero-order valence-corrected chi connectivity index (χ0v) is 20.6. The van der Waals surface area contributed by atoms with E-state index < -0.39 is 6.36 Å². The molecule has 1 saturated heterocycles. The lowest BCUT2D eigenvalue weighted by Crippen LogP contribution is -2.35. The lowest BCUT2D eigenvalue weighted by molar-refractivity contribution is -0.274. The molecule has 0 spiro atoms. The number of hydrogen-bond acceptors (Lipinski definition) is 3. The minimum Gasteiger partial charge on any atom is -0.405 e. The van der Waals surface area contributed by atoms with Crippen molar-refractivity contribution in [2.45, 2.75) is 32.0 Å². The summed E-state index contributed by atoms with van der Waals surface area (Å²) in [5.74, 6) is 0.191. The average Bonchev–Trinajstić information content (AvgIpc) is 2.69. The van der Waals surface area contributed by atoms with Crippen molar-refractivity contribution in [2.75, 3.05) is 31.5 Å². The monoisotopic (exact) mass is 560 g/mol. The van der Waals surface area contributed by atoms with Crippen molar-refractivity contribution in [1.29, 1.82) is 0 Å². The van der Waals surface area contributed by atoms with Crippen molar-refractivity contribution < 1.29 is 22.3 Å². The zero-order chi connectivity index (χ0) is 21.6. The average molecular weight is 562 g/mol. The SMILES string of the molecule is Cl.Cl.Fc1ccc(CC2CCN(CCCNc3ccc(OC(F)(F)F)c(Br)c3)CC2)cc1. The molecular formula is C22H27BrCl2F4N2O. The molecule has 0 radical (unpaired) electrons. The Morgan fingerprint density at radius 3 is 2.28 bits per heavy atom. The van der Waals surface area contributed by atoms with E-state index in [1.807, 2.05) is 12.1 Å². The molecule has 3 rings (SSSR count). The molecule has 1 aliphatic rings. The fourth-order valence-corrected chi connectivity index (χ4v) is 4.18. The maximum absolute atomic E-state index is 13.0. The molecule has 10 heteroatoms. The smallest absolute Gasteiger partial charge is 0.405 e. The topological polar surface area (TPSA) is 24.5 Å². The Hall–Kier alpha value is -1.22. The van der Waals surface area contributed by atoms with Gasteiger partial charge in [-0.25, -0.2) is 4.39 Å². The van der Waals surface area contributed by atoms with Crippen LogP contribution >= 0.6 is 40.7 Å². The summed E-state index contributed by atoms with van der Waals surface area (Å²) in [6.45, 7) is 3.83. The first-order valence-corrected chi connectivity index (χ1v) is 10.8. The first-order valence-electron chi connectivity index (χ1n) is 10.0. The van der Waals surface area contributed by atoms with Crippen LogP contribution in [0, 0.1) is 11.7 Å². The molecule has 2 aromatic carbocycles. The Kier molecular flexibility index (Phi) is 12.1. The summed E-state index contributed by atoms with van der Waals surface area (Å²) < 4.78 is 54.2. The third-order valence-electron chi connectivity index (χ3n) is 5.28. The van der Waals surface area contributed by atoms with Crippen molar-refractivity contribution in [3.8, 4) is 5.75 Å². The molecule has 0 unspecified atom stereocenters. The van der Waals surface area contributed by atoms with Gasteiger partial charge in [0, 0.05) is 12.2 Å². The largest absolute Gasteiger partial charge is 0.573 e. The van der Waals surface area contributed by atoms with E-state index in [4.69, 9.17) is 0 Å². The van der Waals surface area contributed by atoms with Gasteiger partial charge in [-0.1, -0.05) is 12.1 Å². The summed E-state index contributed by atoms with van der Waals surface area (Å²) in [6, 6.07) is 11.2. The molecule has 2 aromatic rings. The first kappa shape index (κ1) is 28.8. The molecule has 1 fully saturated rings. The number of piperidine rings is 1. The molecule has 0 atom stereocenters. The molecule has 1 aliphatic heterocycles. The van der Waals surface area contributed by atoms with Crippen LogP contribution in [0.15, 0.2) is 46.9 Å². The summed E-state index contributed by atoms with van der Waals surface area (Å²) in [6.07, 6.45) is -0.486. The molecule has 180 valence electrons. The zero-order valence-electron chi connectivity index (χ0n) is 17.3. The maximum atomic E-state index is 13.0. The van der Waals surface area contributed by atoms with Crippen molar-refractivity contribution in [2.24, 2.45) is 5.92 Å². The molecule has 0 amide bonds. The van der Waals surface area contributed by atoms with Gasteiger partial charge in [0.1, 0.15) is 11.6 Å². The quantitative estimate of drug-likeness (QED) is 0.275. The van der Waals surface area contributed by atoms with Gasteiger partial charge in [0.2, 0.25) is 0 Å². The van der Waals surface area contributed by atoms with Gasteiger partial charge in [0.15, 0.2) is 0 Å². The molecule has 1 heterocycles. The van der Waals surface area contributed by atoms with Gasteiger partial charge >= 0.3 is 6.36 Å². The van der Waals surface area contributed by atoms with Crippen LogP contribution < -0.4 is 10.1 Å². The minimum absolute atomic E-state index is 0. The third kappa shape index (κ3) is 9.73. The number of alkyl halides is 3. The standard InChI is InChI=1S/C22H25BrF4N2O.2ClH/c23-20-15-19(6-7-21(20)30-22(25,26)27)28-10-1-11-29-12-8-17(9-13-29)14-16-2-4-18(24)5-3-16;;/h2-7,15,17,28H,1,8-14H2;2*1H. The Labute approximate surface area is 206 Å². The van der Waals surface area contributed by atoms with E-state index in [2.05, 4.69) is 30.9 Å². The van der Waals surface area contributed by atoms with Gasteiger partial charge in [-0.3, -0.25) is 0 Å². The number of ether oxygens (including phenoxy) is 1. The van der Waals surface area contributed by atoms with Crippen molar-refractivity contribution in [3.05, 3.63) is 58.3 Å². The summed E-state index contributed by atoms with van der Waals surface area (Å²) in [5, 5.41) is 3.24. The molecule has 32 heavy (non-hydrogen) atoms. The highest BCUT2D eigenvalue weighted by molar-refractivity contribution is 9.10. The Morgan fingerprint density at radius 2 is 1.69 bits per heavy atom. The van der Waals surface area contributed by atoms with Gasteiger partial charge in [-0.05, 0) is 103 Å². The van der Waals surface area contributed by atoms with E-state index in [-0.39, 0.29) is 40.9 Å². The van der Waals surface area contributed by atoms with Crippen LogP contribution in [-0.4, -0.2) is 37.4 Å². The second kappa shape index (κ2) is 13.5. The normalized spacial score (nSPS) is 14.9. The summed E-state index contributed by atoms with van der Waals surface area (Å²) in [7, 11) is 0. The predicted octanol–water partition coefficient (Wildman–Crippen LogP) is 7.09. The maximum Gasteiger partial charge on any atom is 0.573 e. The number of nitrogens with zero attached hydrogens (tertiary/aromatic N) is 1. The molecule has 0 bridgehead atoms. The van der Waals surface area contributed by atoms with Crippen LogP contribution in [-0.2, 0) is 6.42 Å². The molecule has 0 aromatic heterocycles. The van der Waals surface area contributed by atoms with Crippen LogP contribution in [0.2, 0.25) is 0 Å².